The van der Waals surface area contributed by atoms with Crippen LogP contribution in [0.5, 0.6) is 0 Å². The molecule has 0 atom stereocenters. The van der Waals surface area contributed by atoms with Gasteiger partial charge in [-0.25, -0.2) is 14.4 Å². The van der Waals surface area contributed by atoms with E-state index in [9.17, 15) is 14.0 Å². The second-order valence-electron chi connectivity index (χ2n) is 6.24. The van der Waals surface area contributed by atoms with Crippen molar-refractivity contribution in [1.82, 2.24) is 20.3 Å². The SMILES string of the molecule is O=C(O)Cc1cnc(Nc2cc(-c3c(F)cccc3Cl)nc3c2C(=O)NC3)cn1. The van der Waals surface area contributed by atoms with Crippen LogP contribution in [0.3, 0.4) is 0 Å². The summed E-state index contributed by atoms with van der Waals surface area (Å²) in [6, 6.07) is 5.84. The Kier molecular flexibility index (Phi) is 4.81. The summed E-state index contributed by atoms with van der Waals surface area (Å²) in [5.41, 5.74) is 1.81. The number of anilines is 2. The number of aliphatic carboxylic acids is 1. The van der Waals surface area contributed by atoms with Gasteiger partial charge in [0.05, 0.1) is 64.3 Å². The fourth-order valence-corrected chi connectivity index (χ4v) is 3.26. The van der Waals surface area contributed by atoms with E-state index in [-0.39, 0.29) is 41.0 Å². The van der Waals surface area contributed by atoms with E-state index in [1.165, 1.54) is 30.6 Å². The first-order valence-electron chi connectivity index (χ1n) is 8.48. The molecule has 3 aromatic rings. The van der Waals surface area contributed by atoms with E-state index in [2.05, 4.69) is 25.6 Å². The average molecular weight is 414 g/mol. The van der Waals surface area contributed by atoms with Gasteiger partial charge in [0.25, 0.3) is 5.91 Å². The zero-order valence-electron chi connectivity index (χ0n) is 14.7. The highest BCUT2D eigenvalue weighted by Crippen LogP contribution is 2.34. The number of hydrogen-bond acceptors (Lipinski definition) is 6. The Balaban J connectivity index is 1.76. The van der Waals surface area contributed by atoms with Crippen molar-refractivity contribution >= 4 is 35.0 Å². The van der Waals surface area contributed by atoms with Crippen molar-refractivity contribution in [2.45, 2.75) is 13.0 Å². The van der Waals surface area contributed by atoms with Crippen LogP contribution in [0.25, 0.3) is 11.3 Å². The van der Waals surface area contributed by atoms with Crippen molar-refractivity contribution in [3.63, 3.8) is 0 Å². The van der Waals surface area contributed by atoms with E-state index in [0.29, 0.717) is 22.6 Å². The summed E-state index contributed by atoms with van der Waals surface area (Å²) in [7, 11) is 0. The van der Waals surface area contributed by atoms with Gasteiger partial charge in [0.1, 0.15) is 11.6 Å². The number of carboxylic acids is 1. The molecule has 0 fully saturated rings. The van der Waals surface area contributed by atoms with E-state index in [4.69, 9.17) is 16.7 Å². The van der Waals surface area contributed by atoms with Gasteiger partial charge in [-0.15, -0.1) is 0 Å². The van der Waals surface area contributed by atoms with Gasteiger partial charge in [0, 0.05) is 0 Å². The Morgan fingerprint density at radius 3 is 2.79 bits per heavy atom. The molecule has 0 saturated carbocycles. The van der Waals surface area contributed by atoms with Gasteiger partial charge in [0.15, 0.2) is 0 Å². The molecular formula is C19H13ClFN5O3. The second kappa shape index (κ2) is 7.44. The number of fused-ring (bicyclic) bond motifs is 1. The number of carbonyl (C=O) groups is 2. The molecule has 0 spiro atoms. The molecule has 0 radical (unpaired) electrons. The molecule has 3 N–H and O–H groups in total. The molecule has 10 heteroatoms. The topological polar surface area (TPSA) is 117 Å². The maximum atomic E-state index is 14.4. The quantitative estimate of drug-likeness (QED) is 0.588. The summed E-state index contributed by atoms with van der Waals surface area (Å²) >= 11 is 6.16. The van der Waals surface area contributed by atoms with Crippen molar-refractivity contribution in [1.29, 1.82) is 0 Å². The highest BCUT2D eigenvalue weighted by molar-refractivity contribution is 6.33. The van der Waals surface area contributed by atoms with Crippen molar-refractivity contribution < 1.29 is 19.1 Å². The molecule has 4 rings (SSSR count). The summed E-state index contributed by atoms with van der Waals surface area (Å²) < 4.78 is 14.4. The van der Waals surface area contributed by atoms with Gasteiger partial charge in [-0.3, -0.25) is 14.6 Å². The molecule has 0 bridgehead atoms. The molecule has 0 aliphatic carbocycles. The number of amides is 1. The zero-order chi connectivity index (χ0) is 20.5. The molecule has 1 aromatic carbocycles. The van der Waals surface area contributed by atoms with Gasteiger partial charge in [-0.2, -0.15) is 0 Å². The molecule has 3 heterocycles. The zero-order valence-corrected chi connectivity index (χ0v) is 15.5. The normalized spacial score (nSPS) is 12.4. The third kappa shape index (κ3) is 3.72. The third-order valence-corrected chi connectivity index (χ3v) is 4.57. The predicted octanol–water partition coefficient (Wildman–Crippen LogP) is 2.95. The number of benzene rings is 1. The number of nitrogens with zero attached hydrogens (tertiary/aromatic N) is 3. The van der Waals surface area contributed by atoms with Crippen LogP contribution in [0.15, 0.2) is 36.7 Å². The number of halogens is 2. The lowest BCUT2D eigenvalue weighted by molar-refractivity contribution is -0.136. The number of carboxylic acid groups (broad SMARTS) is 1. The minimum absolute atomic E-state index is 0.127. The Labute approximate surface area is 168 Å². The molecule has 146 valence electrons. The molecule has 0 saturated heterocycles. The average Bonchev–Trinajstić information content (AvgIpc) is 3.04. The van der Waals surface area contributed by atoms with E-state index in [1.54, 1.807) is 6.07 Å². The van der Waals surface area contributed by atoms with Crippen molar-refractivity contribution in [3.8, 4) is 11.3 Å². The molecule has 1 aliphatic rings. The van der Waals surface area contributed by atoms with Crippen molar-refractivity contribution in [2.24, 2.45) is 0 Å². The Morgan fingerprint density at radius 2 is 2.10 bits per heavy atom. The van der Waals surface area contributed by atoms with Crippen LogP contribution >= 0.6 is 11.6 Å². The number of rotatable bonds is 5. The van der Waals surface area contributed by atoms with Crippen LogP contribution in [0.4, 0.5) is 15.9 Å². The van der Waals surface area contributed by atoms with Crippen LogP contribution in [-0.2, 0) is 17.8 Å². The van der Waals surface area contributed by atoms with Crippen LogP contribution in [0.2, 0.25) is 5.02 Å². The molecule has 1 amide bonds. The molecule has 8 nitrogen and oxygen atoms in total. The minimum Gasteiger partial charge on any atom is -0.481 e. The Morgan fingerprint density at radius 1 is 1.28 bits per heavy atom. The molecule has 1 aliphatic heterocycles. The third-order valence-electron chi connectivity index (χ3n) is 4.26. The molecule has 2 aromatic heterocycles. The molecule has 0 unspecified atom stereocenters. The highest BCUT2D eigenvalue weighted by atomic mass is 35.5. The largest absolute Gasteiger partial charge is 0.481 e. The Bertz CT molecular complexity index is 1120. The first kappa shape index (κ1) is 18.8. The summed E-state index contributed by atoms with van der Waals surface area (Å²) in [6.07, 6.45) is 2.43. The van der Waals surface area contributed by atoms with E-state index < -0.39 is 11.8 Å². The fraction of sp³-hybridized carbons (Fsp3) is 0.105. The number of hydrogen-bond donors (Lipinski definition) is 3. The second-order valence-corrected chi connectivity index (χ2v) is 6.65. The number of aromatic nitrogens is 3. The monoisotopic (exact) mass is 413 g/mol. The maximum absolute atomic E-state index is 14.4. The maximum Gasteiger partial charge on any atom is 0.309 e. The number of carbonyl (C=O) groups excluding carboxylic acids is 1. The molecule has 29 heavy (non-hydrogen) atoms. The number of pyridine rings is 1. The Hall–Kier alpha value is -3.59. The van der Waals surface area contributed by atoms with Gasteiger partial charge in [-0.1, -0.05) is 17.7 Å². The van der Waals surface area contributed by atoms with Crippen LogP contribution < -0.4 is 10.6 Å². The fourth-order valence-electron chi connectivity index (χ4n) is 3.00. The molecular weight excluding hydrogens is 401 g/mol. The van der Waals surface area contributed by atoms with Crippen molar-refractivity contribution in [3.05, 3.63) is 64.5 Å². The van der Waals surface area contributed by atoms with Gasteiger partial charge >= 0.3 is 5.97 Å². The van der Waals surface area contributed by atoms with E-state index >= 15 is 0 Å². The van der Waals surface area contributed by atoms with Crippen LogP contribution in [0.1, 0.15) is 21.7 Å². The standard InChI is InChI=1S/C19H13ClFN5O3/c20-10-2-1-3-11(21)17(10)12-5-13(18-14(25-12)7-24-19(18)29)26-15-8-22-9(6-23-15)4-16(27)28/h1-3,5-6,8H,4,7H2,(H,24,29)(H,27,28)(H,23,25,26). The number of nitrogens with one attached hydrogen (secondary N) is 2. The predicted molar refractivity (Wildman–Crippen MR) is 102 cm³/mol. The van der Waals surface area contributed by atoms with Gasteiger partial charge in [0.2, 0.25) is 0 Å². The summed E-state index contributed by atoms with van der Waals surface area (Å²) in [5, 5.41) is 14.7. The first-order chi connectivity index (χ1) is 13.9. The lowest BCUT2D eigenvalue weighted by Gasteiger charge is -2.13. The van der Waals surface area contributed by atoms with Gasteiger partial charge in [-0.05, 0) is 18.2 Å². The van der Waals surface area contributed by atoms with Crippen LogP contribution in [-0.4, -0.2) is 31.9 Å². The van der Waals surface area contributed by atoms with Crippen LogP contribution in [0, 0.1) is 5.82 Å². The summed E-state index contributed by atoms with van der Waals surface area (Å²) in [5.74, 6) is -1.59. The van der Waals surface area contributed by atoms with E-state index in [1.807, 2.05) is 0 Å². The van der Waals surface area contributed by atoms with Gasteiger partial charge < -0.3 is 15.7 Å². The van der Waals surface area contributed by atoms with Crippen molar-refractivity contribution in [2.75, 3.05) is 5.32 Å². The highest BCUT2D eigenvalue weighted by Gasteiger charge is 2.27. The van der Waals surface area contributed by atoms with E-state index in [0.717, 1.165) is 0 Å². The lowest BCUT2D eigenvalue weighted by atomic mass is 10.1. The smallest absolute Gasteiger partial charge is 0.309 e. The summed E-state index contributed by atoms with van der Waals surface area (Å²) in [4.78, 5) is 35.6. The minimum atomic E-state index is -1.02. The lowest BCUT2D eigenvalue weighted by Crippen LogP contribution is -2.13. The first-order valence-corrected chi connectivity index (χ1v) is 8.86. The summed E-state index contributed by atoms with van der Waals surface area (Å²) in [6.45, 7) is 0.200.